The zero-order chi connectivity index (χ0) is 22.4. The summed E-state index contributed by atoms with van der Waals surface area (Å²) in [4.78, 5) is 14.6. The van der Waals surface area contributed by atoms with Crippen molar-refractivity contribution >= 4 is 40.3 Å². The maximum atomic E-state index is 12.5. The van der Waals surface area contributed by atoms with Gasteiger partial charge in [-0.05, 0) is 46.9 Å². The fourth-order valence-electron chi connectivity index (χ4n) is 3.00. The van der Waals surface area contributed by atoms with Crippen molar-refractivity contribution in [2.24, 2.45) is 0 Å². The summed E-state index contributed by atoms with van der Waals surface area (Å²) in [6, 6.07) is 15.8. The van der Waals surface area contributed by atoms with Gasteiger partial charge >= 0.3 is 0 Å². The fourth-order valence-corrected chi connectivity index (χ4v) is 4.28. The lowest BCUT2D eigenvalue weighted by atomic mass is 9.87. The molecule has 0 bridgehead atoms. The van der Waals surface area contributed by atoms with Gasteiger partial charge < -0.3 is 9.47 Å². The van der Waals surface area contributed by atoms with Crippen LogP contribution in [0.25, 0.3) is 6.08 Å². The van der Waals surface area contributed by atoms with Crippen molar-refractivity contribution in [2.75, 3.05) is 19.8 Å². The van der Waals surface area contributed by atoms with Crippen molar-refractivity contribution in [3.8, 4) is 11.5 Å². The lowest BCUT2D eigenvalue weighted by molar-refractivity contribution is -0.121. The molecule has 0 saturated carbocycles. The van der Waals surface area contributed by atoms with Gasteiger partial charge in [-0.3, -0.25) is 9.69 Å². The molecule has 1 aliphatic heterocycles. The standard InChI is InChI=1S/C25H27NO3S2/c1-5-13-26-23(27)22(31-24(26)30)17-18-7-6-8-21(16-18)29-15-14-28-20-11-9-19(10-12-20)25(2,3)4/h5-12,16-17H,1,13-15H2,2-4H3/b22-17-. The largest absolute Gasteiger partial charge is 0.490 e. The highest BCUT2D eigenvalue weighted by Crippen LogP contribution is 2.32. The molecular weight excluding hydrogens is 426 g/mol. The number of ether oxygens (including phenoxy) is 2. The highest BCUT2D eigenvalue weighted by molar-refractivity contribution is 8.26. The minimum absolute atomic E-state index is 0.0906. The van der Waals surface area contributed by atoms with E-state index in [-0.39, 0.29) is 11.3 Å². The third kappa shape index (κ3) is 6.21. The van der Waals surface area contributed by atoms with Crippen molar-refractivity contribution in [1.29, 1.82) is 0 Å². The Hall–Kier alpha value is -2.57. The summed E-state index contributed by atoms with van der Waals surface area (Å²) < 4.78 is 12.2. The molecule has 0 aromatic heterocycles. The number of hydrogen-bond acceptors (Lipinski definition) is 5. The molecule has 2 aromatic carbocycles. The molecule has 31 heavy (non-hydrogen) atoms. The zero-order valence-corrected chi connectivity index (χ0v) is 19.7. The molecule has 1 amide bonds. The molecule has 162 valence electrons. The van der Waals surface area contributed by atoms with Crippen molar-refractivity contribution in [1.82, 2.24) is 4.90 Å². The average molecular weight is 454 g/mol. The van der Waals surface area contributed by atoms with E-state index in [1.165, 1.54) is 17.3 Å². The molecule has 0 unspecified atom stereocenters. The van der Waals surface area contributed by atoms with Crippen molar-refractivity contribution in [3.63, 3.8) is 0 Å². The van der Waals surface area contributed by atoms with Gasteiger partial charge in [0.2, 0.25) is 0 Å². The number of nitrogens with zero attached hydrogens (tertiary/aromatic N) is 1. The van der Waals surface area contributed by atoms with Gasteiger partial charge in [0.15, 0.2) is 0 Å². The highest BCUT2D eigenvalue weighted by atomic mass is 32.2. The second-order valence-electron chi connectivity index (χ2n) is 8.12. The summed E-state index contributed by atoms with van der Waals surface area (Å²) in [6.45, 7) is 11.5. The molecule has 0 radical (unpaired) electrons. The van der Waals surface area contributed by atoms with Crippen LogP contribution in [-0.4, -0.2) is 34.9 Å². The monoisotopic (exact) mass is 453 g/mol. The van der Waals surface area contributed by atoms with Crippen molar-refractivity contribution in [3.05, 3.63) is 77.2 Å². The molecule has 2 aromatic rings. The molecule has 1 heterocycles. The molecule has 1 aliphatic rings. The number of carbonyl (C=O) groups is 1. The first kappa shape index (κ1) is 23.1. The van der Waals surface area contributed by atoms with Crippen molar-refractivity contribution < 1.29 is 14.3 Å². The van der Waals surface area contributed by atoms with Gasteiger partial charge in [-0.2, -0.15) is 0 Å². The zero-order valence-electron chi connectivity index (χ0n) is 18.1. The van der Waals surface area contributed by atoms with Crippen LogP contribution in [-0.2, 0) is 10.2 Å². The van der Waals surface area contributed by atoms with Crippen molar-refractivity contribution in [2.45, 2.75) is 26.2 Å². The van der Waals surface area contributed by atoms with E-state index in [4.69, 9.17) is 21.7 Å². The number of amides is 1. The van der Waals surface area contributed by atoms with Gasteiger partial charge in [-0.1, -0.05) is 75.1 Å². The van der Waals surface area contributed by atoms with Crippen LogP contribution in [0.4, 0.5) is 0 Å². The number of rotatable bonds is 8. The molecule has 4 nitrogen and oxygen atoms in total. The predicted octanol–water partition coefficient (Wildman–Crippen LogP) is 5.83. The molecule has 0 N–H and O–H groups in total. The van der Waals surface area contributed by atoms with Gasteiger partial charge in [0.05, 0.1) is 4.91 Å². The van der Waals surface area contributed by atoms with Crippen LogP contribution in [0.3, 0.4) is 0 Å². The third-order valence-electron chi connectivity index (χ3n) is 4.68. The van der Waals surface area contributed by atoms with E-state index in [9.17, 15) is 4.79 Å². The lowest BCUT2D eigenvalue weighted by Crippen LogP contribution is -2.27. The molecule has 3 rings (SSSR count). The first-order chi connectivity index (χ1) is 14.8. The summed E-state index contributed by atoms with van der Waals surface area (Å²) in [5, 5.41) is 0. The van der Waals surface area contributed by atoms with Crippen LogP contribution in [0, 0.1) is 0 Å². The van der Waals surface area contributed by atoms with E-state index in [1.807, 2.05) is 42.5 Å². The van der Waals surface area contributed by atoms with E-state index in [0.29, 0.717) is 29.0 Å². The Morgan fingerprint density at radius 1 is 1.06 bits per heavy atom. The molecule has 0 spiro atoms. The summed E-state index contributed by atoms with van der Waals surface area (Å²) in [5.41, 5.74) is 2.28. The van der Waals surface area contributed by atoms with Crippen LogP contribution in [0.2, 0.25) is 0 Å². The van der Waals surface area contributed by atoms with Gasteiger partial charge in [-0.25, -0.2) is 0 Å². The van der Waals surface area contributed by atoms with E-state index in [2.05, 4.69) is 39.5 Å². The van der Waals surface area contributed by atoms with E-state index in [1.54, 1.807) is 11.0 Å². The number of thiocarbonyl (C=S) groups is 1. The van der Waals surface area contributed by atoms with E-state index >= 15 is 0 Å². The Kier molecular flexibility index (Phi) is 7.57. The highest BCUT2D eigenvalue weighted by Gasteiger charge is 2.30. The SMILES string of the molecule is C=CCN1C(=O)/C(=C/c2cccc(OCCOc3ccc(C(C)(C)C)cc3)c2)SC1=S. The second-order valence-corrected chi connectivity index (χ2v) is 9.80. The summed E-state index contributed by atoms with van der Waals surface area (Å²) in [7, 11) is 0. The summed E-state index contributed by atoms with van der Waals surface area (Å²) in [5.74, 6) is 1.46. The normalized spacial score (nSPS) is 15.5. The van der Waals surface area contributed by atoms with E-state index < -0.39 is 0 Å². The fraction of sp³-hybridized carbons (Fsp3) is 0.280. The molecule has 1 saturated heterocycles. The second kappa shape index (κ2) is 10.2. The molecule has 0 aliphatic carbocycles. The lowest BCUT2D eigenvalue weighted by Gasteiger charge is -2.19. The third-order valence-corrected chi connectivity index (χ3v) is 6.06. The Balaban J connectivity index is 1.54. The predicted molar refractivity (Wildman–Crippen MR) is 133 cm³/mol. The Morgan fingerprint density at radius 3 is 2.39 bits per heavy atom. The topological polar surface area (TPSA) is 38.8 Å². The smallest absolute Gasteiger partial charge is 0.266 e. The Morgan fingerprint density at radius 2 is 1.74 bits per heavy atom. The van der Waals surface area contributed by atoms with Crippen LogP contribution in [0.5, 0.6) is 11.5 Å². The Labute approximate surface area is 193 Å². The first-order valence-corrected chi connectivity index (χ1v) is 11.3. The number of carbonyl (C=O) groups excluding carboxylic acids is 1. The summed E-state index contributed by atoms with van der Waals surface area (Å²) in [6.07, 6.45) is 3.51. The van der Waals surface area contributed by atoms with Gasteiger partial charge in [0.25, 0.3) is 5.91 Å². The van der Waals surface area contributed by atoms with Gasteiger partial charge in [-0.15, -0.1) is 6.58 Å². The molecular formula is C25H27NO3S2. The molecule has 1 fully saturated rings. The maximum absolute atomic E-state index is 12.5. The van der Waals surface area contributed by atoms with Crippen LogP contribution in [0.15, 0.2) is 66.1 Å². The van der Waals surface area contributed by atoms with Crippen LogP contribution >= 0.6 is 24.0 Å². The van der Waals surface area contributed by atoms with Gasteiger partial charge in [0.1, 0.15) is 29.0 Å². The maximum Gasteiger partial charge on any atom is 0.266 e. The number of benzene rings is 2. The molecule has 0 atom stereocenters. The Bertz CT molecular complexity index is 991. The molecule has 6 heteroatoms. The average Bonchev–Trinajstić information content (AvgIpc) is 2.99. The van der Waals surface area contributed by atoms with Crippen LogP contribution < -0.4 is 9.47 Å². The summed E-state index contributed by atoms with van der Waals surface area (Å²) >= 11 is 6.58. The first-order valence-electron chi connectivity index (χ1n) is 10.1. The minimum Gasteiger partial charge on any atom is -0.490 e. The quantitative estimate of drug-likeness (QED) is 0.218. The van der Waals surface area contributed by atoms with Gasteiger partial charge in [0, 0.05) is 6.54 Å². The number of hydrogen-bond donors (Lipinski definition) is 0. The number of thioether (sulfide) groups is 1. The van der Waals surface area contributed by atoms with E-state index in [0.717, 1.165) is 17.1 Å². The van der Waals surface area contributed by atoms with Crippen LogP contribution in [0.1, 0.15) is 31.9 Å². The minimum atomic E-state index is -0.0906.